The summed E-state index contributed by atoms with van der Waals surface area (Å²) in [7, 11) is -4.10. The lowest BCUT2D eigenvalue weighted by Gasteiger charge is -2.03. The van der Waals surface area contributed by atoms with Gasteiger partial charge in [-0.2, -0.15) is 4.39 Å². The highest BCUT2D eigenvalue weighted by Crippen LogP contribution is 2.23. The number of hydrogen-bond acceptors (Lipinski definition) is 2. The van der Waals surface area contributed by atoms with Crippen molar-refractivity contribution in [3.63, 3.8) is 0 Å². The second-order valence-corrected chi connectivity index (χ2v) is 6.62. The van der Waals surface area contributed by atoms with E-state index >= 15 is 0 Å². The Morgan fingerprint density at radius 3 is 2.15 bits per heavy atom. The Hall–Kier alpha value is -1.65. The maximum Gasteiger partial charge on any atom is 0.233 e. The number of sulfone groups is 1. The molecule has 2 rings (SSSR count). The average Bonchev–Trinajstić information content (AvgIpc) is 2.42. The summed E-state index contributed by atoms with van der Waals surface area (Å²) in [6.07, 6.45) is 0.978. The van der Waals surface area contributed by atoms with Gasteiger partial charge in [0.25, 0.3) is 0 Å². The molecule has 0 radical (unpaired) electrons. The van der Waals surface area contributed by atoms with E-state index in [0.717, 1.165) is 11.6 Å². The fourth-order valence-electron chi connectivity index (χ4n) is 1.60. The Balaban J connectivity index is 2.38. The first-order valence-corrected chi connectivity index (χ1v) is 7.70. The van der Waals surface area contributed by atoms with Gasteiger partial charge in [-0.25, -0.2) is 8.42 Å². The lowest BCUT2D eigenvalue weighted by Crippen LogP contribution is -2.01. The molecule has 0 unspecified atom stereocenters. The van der Waals surface area contributed by atoms with Gasteiger partial charge in [-0.1, -0.05) is 41.4 Å². The molecular weight excluding hydrogens is 299 g/mol. The molecule has 0 saturated carbocycles. The van der Waals surface area contributed by atoms with Gasteiger partial charge in [0.1, 0.15) is 0 Å². The SMILES string of the molecule is Cc1ccc(S(=O)(=O)/C(F)=C/c2ccc(Cl)cc2)cc1. The van der Waals surface area contributed by atoms with E-state index in [2.05, 4.69) is 0 Å². The van der Waals surface area contributed by atoms with Crippen LogP contribution in [-0.4, -0.2) is 8.42 Å². The minimum absolute atomic E-state index is 0.0641. The Labute approximate surface area is 122 Å². The predicted octanol–water partition coefficient (Wildman–Crippen LogP) is 4.39. The van der Waals surface area contributed by atoms with Crippen LogP contribution in [0.2, 0.25) is 5.02 Å². The molecule has 0 amide bonds. The van der Waals surface area contributed by atoms with Gasteiger partial charge >= 0.3 is 0 Å². The maximum absolute atomic E-state index is 14.0. The molecule has 5 heteroatoms. The van der Waals surface area contributed by atoms with Crippen molar-refractivity contribution in [2.75, 3.05) is 0 Å². The first-order valence-electron chi connectivity index (χ1n) is 5.84. The molecule has 0 saturated heterocycles. The van der Waals surface area contributed by atoms with Gasteiger partial charge in [-0.3, -0.25) is 0 Å². The third kappa shape index (κ3) is 3.26. The lowest BCUT2D eigenvalue weighted by atomic mass is 10.2. The van der Waals surface area contributed by atoms with Crippen molar-refractivity contribution >= 4 is 27.5 Å². The third-order valence-electron chi connectivity index (χ3n) is 2.74. The van der Waals surface area contributed by atoms with Crippen LogP contribution in [0.3, 0.4) is 0 Å². The zero-order valence-electron chi connectivity index (χ0n) is 10.7. The standard InChI is InChI=1S/C15H12ClFO2S/c1-11-2-8-14(9-3-11)20(18,19)15(17)10-12-4-6-13(16)7-5-12/h2-10H,1H3/b15-10+. The molecule has 0 fully saturated rings. The van der Waals surface area contributed by atoms with Crippen molar-refractivity contribution in [3.05, 3.63) is 69.8 Å². The van der Waals surface area contributed by atoms with E-state index in [1.807, 2.05) is 6.92 Å². The fourth-order valence-corrected chi connectivity index (χ4v) is 2.73. The minimum atomic E-state index is -4.10. The van der Waals surface area contributed by atoms with Crippen molar-refractivity contribution < 1.29 is 12.8 Å². The zero-order chi connectivity index (χ0) is 14.8. The Kier molecular flexibility index (Phi) is 4.26. The van der Waals surface area contributed by atoms with Gasteiger partial charge in [0.05, 0.1) is 4.90 Å². The van der Waals surface area contributed by atoms with Crippen molar-refractivity contribution in [2.24, 2.45) is 0 Å². The van der Waals surface area contributed by atoms with Crippen LogP contribution in [-0.2, 0) is 9.84 Å². The monoisotopic (exact) mass is 310 g/mol. The van der Waals surface area contributed by atoms with Gasteiger partial charge in [0.15, 0.2) is 0 Å². The molecule has 2 nitrogen and oxygen atoms in total. The van der Waals surface area contributed by atoms with E-state index in [4.69, 9.17) is 11.6 Å². The number of rotatable bonds is 3. The van der Waals surface area contributed by atoms with Crippen LogP contribution in [0.5, 0.6) is 0 Å². The van der Waals surface area contributed by atoms with Gasteiger partial charge in [0.2, 0.25) is 15.0 Å². The molecule has 0 aliphatic heterocycles. The van der Waals surface area contributed by atoms with Crippen LogP contribution in [0, 0.1) is 6.92 Å². The summed E-state index contributed by atoms with van der Waals surface area (Å²) >= 11 is 5.72. The van der Waals surface area contributed by atoms with Gasteiger partial charge in [-0.05, 0) is 42.8 Å². The van der Waals surface area contributed by atoms with Crippen molar-refractivity contribution in [3.8, 4) is 0 Å². The number of aryl methyl sites for hydroxylation is 1. The lowest BCUT2D eigenvalue weighted by molar-refractivity contribution is 0.579. The predicted molar refractivity (Wildman–Crippen MR) is 78.9 cm³/mol. The molecule has 0 N–H and O–H groups in total. The fraction of sp³-hybridized carbons (Fsp3) is 0.0667. The molecule has 0 aromatic heterocycles. The molecule has 0 atom stereocenters. The number of hydrogen-bond donors (Lipinski definition) is 0. The average molecular weight is 311 g/mol. The summed E-state index contributed by atoms with van der Waals surface area (Å²) in [6.45, 7) is 1.83. The maximum atomic E-state index is 14.0. The first-order chi connectivity index (χ1) is 9.39. The highest BCUT2D eigenvalue weighted by molar-refractivity contribution is 7.95. The van der Waals surface area contributed by atoms with Crippen LogP contribution in [0.15, 0.2) is 58.6 Å². The second-order valence-electron chi connectivity index (χ2n) is 4.32. The van der Waals surface area contributed by atoms with Crippen LogP contribution in [0.25, 0.3) is 6.08 Å². The molecule has 0 aliphatic carbocycles. The summed E-state index contributed by atoms with van der Waals surface area (Å²) in [4.78, 5) is -0.0641. The molecule has 0 aliphatic rings. The zero-order valence-corrected chi connectivity index (χ0v) is 12.2. The first kappa shape index (κ1) is 14.8. The van der Waals surface area contributed by atoms with Crippen molar-refractivity contribution in [1.29, 1.82) is 0 Å². The van der Waals surface area contributed by atoms with E-state index in [-0.39, 0.29) is 4.90 Å². The van der Waals surface area contributed by atoms with E-state index in [1.54, 1.807) is 36.4 Å². The smallest absolute Gasteiger partial charge is 0.216 e. The van der Waals surface area contributed by atoms with E-state index in [9.17, 15) is 12.8 Å². The molecule has 104 valence electrons. The Morgan fingerprint density at radius 2 is 1.60 bits per heavy atom. The topological polar surface area (TPSA) is 34.1 Å². The van der Waals surface area contributed by atoms with E-state index in [1.165, 1.54) is 12.1 Å². The molecule has 2 aromatic rings. The number of benzene rings is 2. The second kappa shape index (κ2) is 5.77. The van der Waals surface area contributed by atoms with Crippen LogP contribution >= 0.6 is 11.6 Å². The van der Waals surface area contributed by atoms with Gasteiger partial charge in [-0.15, -0.1) is 0 Å². The van der Waals surface area contributed by atoms with Gasteiger partial charge in [0, 0.05) is 5.02 Å². The largest absolute Gasteiger partial charge is 0.233 e. The summed E-state index contributed by atoms with van der Waals surface area (Å²) < 4.78 is 38.1. The van der Waals surface area contributed by atoms with E-state index < -0.39 is 15.0 Å². The van der Waals surface area contributed by atoms with Crippen molar-refractivity contribution in [2.45, 2.75) is 11.8 Å². The molecule has 0 heterocycles. The minimum Gasteiger partial charge on any atom is -0.216 e. The summed E-state index contributed by atoms with van der Waals surface area (Å²) in [5.74, 6) is 0. The summed E-state index contributed by atoms with van der Waals surface area (Å²) in [5, 5.41) is -0.687. The van der Waals surface area contributed by atoms with E-state index in [0.29, 0.717) is 10.6 Å². The quantitative estimate of drug-likeness (QED) is 0.842. The molecule has 0 spiro atoms. The Morgan fingerprint density at radius 1 is 1.05 bits per heavy atom. The van der Waals surface area contributed by atoms with Crippen LogP contribution in [0.1, 0.15) is 11.1 Å². The van der Waals surface area contributed by atoms with Crippen molar-refractivity contribution in [1.82, 2.24) is 0 Å². The molecule has 20 heavy (non-hydrogen) atoms. The summed E-state index contributed by atoms with van der Waals surface area (Å²) in [5.41, 5.74) is 1.34. The highest BCUT2D eigenvalue weighted by atomic mass is 35.5. The molecule has 2 aromatic carbocycles. The summed E-state index contributed by atoms with van der Waals surface area (Å²) in [6, 6.07) is 12.3. The highest BCUT2D eigenvalue weighted by Gasteiger charge is 2.20. The third-order valence-corrected chi connectivity index (χ3v) is 4.51. The Bertz CT molecular complexity index is 732. The molecular formula is C15H12ClFO2S. The molecule has 0 bridgehead atoms. The normalized spacial score (nSPS) is 12.4. The van der Waals surface area contributed by atoms with Crippen LogP contribution < -0.4 is 0 Å². The van der Waals surface area contributed by atoms with Crippen LogP contribution in [0.4, 0.5) is 4.39 Å². The van der Waals surface area contributed by atoms with Gasteiger partial charge < -0.3 is 0 Å². The number of halogens is 2.